The van der Waals surface area contributed by atoms with Gasteiger partial charge in [0.2, 0.25) is 5.82 Å². The Hall–Kier alpha value is -3.71. The monoisotopic (exact) mass is 557 g/mol. The van der Waals surface area contributed by atoms with Crippen LogP contribution in [0.3, 0.4) is 0 Å². The quantitative estimate of drug-likeness (QED) is 0.457. The lowest BCUT2D eigenvalue weighted by Gasteiger charge is -2.32. The molecule has 0 unspecified atom stereocenters. The molecule has 5 rings (SSSR count). The van der Waals surface area contributed by atoms with Gasteiger partial charge < -0.3 is 29.5 Å². The lowest BCUT2D eigenvalue weighted by Crippen LogP contribution is -2.42. The Balaban J connectivity index is 1.16. The molecule has 2 fully saturated rings. The number of aromatic nitrogens is 4. The zero-order valence-electron chi connectivity index (χ0n) is 22.7. The first-order chi connectivity index (χ1) is 19.2. The molecule has 40 heavy (non-hydrogen) atoms. The molecule has 214 valence electrons. The summed E-state index contributed by atoms with van der Waals surface area (Å²) in [5.41, 5.74) is 6.92. The van der Waals surface area contributed by atoms with Gasteiger partial charge in [-0.1, -0.05) is 5.16 Å². The molecule has 4 heterocycles. The number of ether oxygens (including phenoxy) is 2. The van der Waals surface area contributed by atoms with E-state index in [1.165, 1.54) is 6.07 Å². The Morgan fingerprint density at radius 2 is 1.88 bits per heavy atom. The molecule has 13 heteroatoms. The molecule has 2 aromatic heterocycles. The van der Waals surface area contributed by atoms with Crippen LogP contribution in [0.1, 0.15) is 57.0 Å². The van der Waals surface area contributed by atoms with Gasteiger partial charge in [-0.3, -0.25) is 0 Å². The summed E-state index contributed by atoms with van der Waals surface area (Å²) in [6.07, 6.45) is 0.442. The van der Waals surface area contributed by atoms with Crippen molar-refractivity contribution >= 4 is 11.9 Å². The Morgan fingerprint density at radius 3 is 2.58 bits per heavy atom. The van der Waals surface area contributed by atoms with Crippen molar-refractivity contribution in [2.75, 3.05) is 31.1 Å². The van der Waals surface area contributed by atoms with Crippen LogP contribution in [0.2, 0.25) is 0 Å². The summed E-state index contributed by atoms with van der Waals surface area (Å²) in [6, 6.07) is 6.48. The third-order valence-corrected chi connectivity index (χ3v) is 7.15. The molecule has 0 bridgehead atoms. The van der Waals surface area contributed by atoms with E-state index >= 15 is 0 Å². The minimum absolute atomic E-state index is 0.0457. The number of amides is 1. The van der Waals surface area contributed by atoms with E-state index < -0.39 is 17.7 Å². The molecular formula is C27H33F2N7O4. The molecular weight excluding hydrogens is 524 g/mol. The van der Waals surface area contributed by atoms with E-state index in [0.29, 0.717) is 56.4 Å². The molecule has 2 N–H and O–H groups in total. The minimum Gasteiger partial charge on any atom is -0.447 e. The van der Waals surface area contributed by atoms with E-state index in [0.717, 1.165) is 12.1 Å². The second kappa shape index (κ2) is 11.8. The van der Waals surface area contributed by atoms with E-state index in [-0.39, 0.29) is 41.7 Å². The number of nitrogens with zero attached hydrogens (tertiary/aromatic N) is 6. The van der Waals surface area contributed by atoms with Gasteiger partial charge in [0.25, 0.3) is 5.89 Å². The van der Waals surface area contributed by atoms with Gasteiger partial charge in [0.05, 0.1) is 12.2 Å². The number of hydrogen-bond acceptors (Lipinski definition) is 10. The van der Waals surface area contributed by atoms with Gasteiger partial charge in [0, 0.05) is 38.1 Å². The van der Waals surface area contributed by atoms with Crippen LogP contribution in [0.5, 0.6) is 0 Å². The number of piperidine rings is 1. The first-order valence-electron chi connectivity index (χ1n) is 13.4. The molecule has 3 atom stereocenters. The van der Waals surface area contributed by atoms with Crippen molar-refractivity contribution in [2.24, 2.45) is 5.73 Å². The second-order valence-corrected chi connectivity index (χ2v) is 10.5. The summed E-state index contributed by atoms with van der Waals surface area (Å²) in [6.45, 7) is 7.42. The summed E-state index contributed by atoms with van der Waals surface area (Å²) < 4.78 is 44.8. The molecule has 3 aromatic rings. The number of nitrogens with two attached hydrogens (primary N) is 1. The maximum atomic E-state index is 14.3. The number of hydrogen-bond donors (Lipinski definition) is 1. The van der Waals surface area contributed by atoms with Crippen molar-refractivity contribution in [3.63, 3.8) is 0 Å². The average molecular weight is 558 g/mol. The molecule has 0 radical (unpaired) electrons. The number of carbonyl (C=O) groups excluding carboxylic acids is 1. The van der Waals surface area contributed by atoms with Crippen LogP contribution in [0.15, 0.2) is 34.9 Å². The Kier molecular flexibility index (Phi) is 8.22. The number of likely N-dealkylation sites (tertiary alicyclic amines) is 1. The van der Waals surface area contributed by atoms with E-state index in [4.69, 9.17) is 19.7 Å². The van der Waals surface area contributed by atoms with Gasteiger partial charge >= 0.3 is 6.09 Å². The van der Waals surface area contributed by atoms with Crippen LogP contribution >= 0.6 is 0 Å². The number of rotatable bonds is 7. The zero-order chi connectivity index (χ0) is 28.4. The molecule has 2 aliphatic rings. The van der Waals surface area contributed by atoms with Crippen molar-refractivity contribution in [3.05, 3.63) is 53.4 Å². The predicted octanol–water partition coefficient (Wildman–Crippen LogP) is 3.82. The van der Waals surface area contributed by atoms with E-state index in [2.05, 4.69) is 20.3 Å². The summed E-state index contributed by atoms with van der Waals surface area (Å²) in [7, 11) is 0. The van der Waals surface area contributed by atoms with Crippen LogP contribution in [0.4, 0.5) is 19.4 Å². The number of carbonyl (C=O) groups is 1. The maximum Gasteiger partial charge on any atom is 0.410 e. The first kappa shape index (κ1) is 27.8. The highest BCUT2D eigenvalue weighted by Crippen LogP contribution is 2.32. The second-order valence-electron chi connectivity index (χ2n) is 10.5. The average Bonchev–Trinajstić information content (AvgIpc) is 3.58. The first-order valence-corrected chi connectivity index (χ1v) is 13.4. The van der Waals surface area contributed by atoms with Gasteiger partial charge in [-0.2, -0.15) is 4.98 Å². The Bertz CT molecular complexity index is 1310. The fraction of sp³-hybridized carbons (Fsp3) is 0.519. The molecule has 2 aliphatic heterocycles. The molecule has 0 spiro atoms. The maximum absolute atomic E-state index is 14.3. The standard InChI is InChI=1S/C27H33F2N7O4/c1-15(2)38-27(37)35-10-8-18(9-11-35)39-16(3)25-31-26(40-34-25)23-6-7-24(33-32-23)36-13-20(22(30)14-36)19-12-17(28)4-5-21(19)29/h4-7,12,15-16,18,20,22H,8-11,13-14,30H2,1-3H3/t16-,20-,22+/m1/s1. The molecule has 0 aliphatic carbocycles. The third-order valence-electron chi connectivity index (χ3n) is 7.15. The molecule has 1 amide bonds. The topological polar surface area (TPSA) is 133 Å². The minimum atomic E-state index is -0.501. The van der Waals surface area contributed by atoms with E-state index in [1.54, 1.807) is 17.0 Å². The largest absolute Gasteiger partial charge is 0.447 e. The van der Waals surface area contributed by atoms with Crippen molar-refractivity contribution in [2.45, 2.75) is 63.9 Å². The highest BCUT2D eigenvalue weighted by molar-refractivity contribution is 5.67. The molecule has 11 nitrogen and oxygen atoms in total. The lowest BCUT2D eigenvalue weighted by molar-refractivity contribution is -0.0402. The zero-order valence-corrected chi connectivity index (χ0v) is 22.7. The molecule has 2 saturated heterocycles. The van der Waals surface area contributed by atoms with Gasteiger partial charge in [-0.25, -0.2) is 13.6 Å². The summed E-state index contributed by atoms with van der Waals surface area (Å²) in [4.78, 5) is 20.1. The van der Waals surface area contributed by atoms with Crippen molar-refractivity contribution in [1.29, 1.82) is 0 Å². The highest BCUT2D eigenvalue weighted by Gasteiger charge is 2.34. The smallest absolute Gasteiger partial charge is 0.410 e. The van der Waals surface area contributed by atoms with Gasteiger partial charge in [-0.15, -0.1) is 10.2 Å². The van der Waals surface area contributed by atoms with Gasteiger partial charge in [0.15, 0.2) is 11.5 Å². The van der Waals surface area contributed by atoms with Crippen molar-refractivity contribution < 1.29 is 27.6 Å². The van der Waals surface area contributed by atoms with Gasteiger partial charge in [0.1, 0.15) is 17.7 Å². The number of benzene rings is 1. The Labute approximate surface area is 230 Å². The van der Waals surface area contributed by atoms with Crippen LogP contribution in [-0.2, 0) is 9.47 Å². The van der Waals surface area contributed by atoms with Crippen LogP contribution < -0.4 is 10.6 Å². The van der Waals surface area contributed by atoms with Crippen LogP contribution in [0, 0.1) is 11.6 Å². The summed E-state index contributed by atoms with van der Waals surface area (Å²) in [5.74, 6) is -0.218. The fourth-order valence-electron chi connectivity index (χ4n) is 5.06. The summed E-state index contributed by atoms with van der Waals surface area (Å²) >= 11 is 0. The van der Waals surface area contributed by atoms with E-state index in [1.807, 2.05) is 25.7 Å². The predicted molar refractivity (Wildman–Crippen MR) is 140 cm³/mol. The van der Waals surface area contributed by atoms with Gasteiger partial charge in [-0.05, 0) is 69.5 Å². The molecule has 1 aromatic carbocycles. The SMILES string of the molecule is CC(C)OC(=O)N1CCC(O[C@H](C)c2noc(-c3ccc(N4C[C@H](c5cc(F)ccc5F)[C@@H](N)C4)nn3)n2)CC1. The van der Waals surface area contributed by atoms with Crippen molar-refractivity contribution in [1.82, 2.24) is 25.2 Å². The highest BCUT2D eigenvalue weighted by atomic mass is 19.1. The number of halogens is 2. The molecule has 0 saturated carbocycles. The lowest BCUT2D eigenvalue weighted by atomic mass is 9.94. The van der Waals surface area contributed by atoms with Crippen LogP contribution in [-0.4, -0.2) is 75.8 Å². The van der Waals surface area contributed by atoms with E-state index in [9.17, 15) is 13.6 Å². The van der Waals surface area contributed by atoms with Crippen LogP contribution in [0.25, 0.3) is 11.6 Å². The van der Waals surface area contributed by atoms with Crippen molar-refractivity contribution in [3.8, 4) is 11.6 Å². The normalized spacial score (nSPS) is 20.8. The number of anilines is 1. The third kappa shape index (κ3) is 6.20. The fourth-order valence-corrected chi connectivity index (χ4v) is 5.06. The summed E-state index contributed by atoms with van der Waals surface area (Å²) in [5, 5.41) is 12.6. The Morgan fingerprint density at radius 1 is 1.10 bits per heavy atom.